The summed E-state index contributed by atoms with van der Waals surface area (Å²) >= 11 is 0. The van der Waals surface area contributed by atoms with Gasteiger partial charge in [0.15, 0.2) is 0 Å². The summed E-state index contributed by atoms with van der Waals surface area (Å²) in [7, 11) is 2.10. The molecule has 0 saturated carbocycles. The lowest BCUT2D eigenvalue weighted by Crippen LogP contribution is -2.31. The molecular weight excluding hydrogens is 225 g/mol. The monoisotopic (exact) mass is 238 g/mol. The molecule has 1 aliphatic heterocycles. The van der Waals surface area contributed by atoms with Crippen molar-refractivity contribution in [2.75, 3.05) is 7.11 Å². The van der Waals surface area contributed by atoms with E-state index in [2.05, 4.69) is 9.05 Å². The molecule has 86 valence electrons. The van der Waals surface area contributed by atoms with E-state index >= 15 is 0 Å². The Balaban J connectivity index is 2.70. The fraction of sp³-hybridized carbons (Fsp3) is 1.00. The molecule has 1 rings (SSSR count). The SMILES string of the molecule is [B][C@@H]1O[C@H](CC)C(OP(=O)(O)OC)[C@@H]1F. The zero-order valence-corrected chi connectivity index (χ0v) is 9.39. The van der Waals surface area contributed by atoms with Gasteiger partial charge in [-0.3, -0.25) is 9.05 Å². The van der Waals surface area contributed by atoms with E-state index in [0.717, 1.165) is 7.11 Å². The Morgan fingerprint density at radius 1 is 1.67 bits per heavy atom. The first-order valence-corrected chi connectivity index (χ1v) is 6.03. The van der Waals surface area contributed by atoms with Crippen LogP contribution in [0.5, 0.6) is 0 Å². The maximum atomic E-state index is 13.4. The van der Waals surface area contributed by atoms with Crippen LogP contribution in [0.4, 0.5) is 4.39 Å². The molecule has 8 heteroatoms. The first-order chi connectivity index (χ1) is 6.91. The average molecular weight is 238 g/mol. The fourth-order valence-electron chi connectivity index (χ4n) is 1.40. The van der Waals surface area contributed by atoms with Crippen molar-refractivity contribution in [3.8, 4) is 0 Å². The summed E-state index contributed by atoms with van der Waals surface area (Å²) in [5.74, 6) is 0. The summed E-state index contributed by atoms with van der Waals surface area (Å²) in [6.45, 7) is 1.74. The molecule has 5 atom stereocenters. The molecule has 5 nitrogen and oxygen atoms in total. The van der Waals surface area contributed by atoms with E-state index in [-0.39, 0.29) is 0 Å². The second-order valence-electron chi connectivity index (χ2n) is 3.21. The molecule has 2 radical (unpaired) electrons. The van der Waals surface area contributed by atoms with Crippen molar-refractivity contribution < 1.29 is 27.6 Å². The number of hydrogen-bond acceptors (Lipinski definition) is 4. The van der Waals surface area contributed by atoms with E-state index in [9.17, 15) is 8.96 Å². The van der Waals surface area contributed by atoms with Gasteiger partial charge in [-0.25, -0.2) is 8.96 Å². The van der Waals surface area contributed by atoms with Crippen LogP contribution in [0.3, 0.4) is 0 Å². The van der Waals surface area contributed by atoms with Crippen molar-refractivity contribution in [3.63, 3.8) is 0 Å². The van der Waals surface area contributed by atoms with Crippen molar-refractivity contribution in [1.29, 1.82) is 0 Å². The molecule has 0 aliphatic carbocycles. The molecule has 1 saturated heterocycles. The molecule has 0 aromatic heterocycles. The Morgan fingerprint density at radius 2 is 2.27 bits per heavy atom. The lowest BCUT2D eigenvalue weighted by Gasteiger charge is -2.20. The summed E-state index contributed by atoms with van der Waals surface area (Å²) < 4.78 is 38.4. The molecule has 0 amide bonds. The van der Waals surface area contributed by atoms with Gasteiger partial charge in [-0.1, -0.05) is 6.92 Å². The maximum absolute atomic E-state index is 13.4. The van der Waals surface area contributed by atoms with Gasteiger partial charge in [0.05, 0.1) is 12.1 Å². The number of ether oxygens (including phenoxy) is 1. The Kier molecular flexibility index (Phi) is 4.32. The van der Waals surface area contributed by atoms with Gasteiger partial charge in [-0.2, -0.15) is 0 Å². The van der Waals surface area contributed by atoms with Crippen LogP contribution in [0.25, 0.3) is 0 Å². The zero-order chi connectivity index (χ0) is 11.6. The fourth-order valence-corrected chi connectivity index (χ4v) is 2.04. The minimum atomic E-state index is -4.21. The van der Waals surface area contributed by atoms with Crippen molar-refractivity contribution in [2.45, 2.75) is 37.7 Å². The number of hydrogen-bond donors (Lipinski definition) is 1. The molecular formula is C7H13BFO5P. The topological polar surface area (TPSA) is 65.0 Å². The van der Waals surface area contributed by atoms with Gasteiger partial charge >= 0.3 is 7.82 Å². The molecule has 15 heavy (non-hydrogen) atoms. The standard InChI is InChI=1S/C7H13BFO5P/c1-3-4-6(5(9)7(8)13-4)14-15(10,11)12-2/h4-7H,3H2,1-2H3,(H,10,11)/t4-,5+,6?,7-/m1/s1. The van der Waals surface area contributed by atoms with E-state index in [1.54, 1.807) is 6.92 Å². The average Bonchev–Trinajstić information content (AvgIpc) is 2.45. The van der Waals surface area contributed by atoms with Gasteiger partial charge in [0.25, 0.3) is 0 Å². The van der Waals surface area contributed by atoms with Crippen molar-refractivity contribution in [3.05, 3.63) is 0 Å². The first-order valence-electron chi connectivity index (χ1n) is 4.53. The highest BCUT2D eigenvalue weighted by Crippen LogP contribution is 2.46. The predicted octanol–water partition coefficient (Wildman–Crippen LogP) is 0.760. The highest BCUT2D eigenvalue weighted by atomic mass is 31.2. The Labute approximate surface area is 88.9 Å². The third-order valence-electron chi connectivity index (χ3n) is 2.21. The van der Waals surface area contributed by atoms with Gasteiger partial charge < -0.3 is 9.63 Å². The summed E-state index contributed by atoms with van der Waals surface area (Å²) in [6, 6.07) is -1.13. The third kappa shape index (κ3) is 3.01. The van der Waals surface area contributed by atoms with Gasteiger partial charge in [0.2, 0.25) is 0 Å². The summed E-state index contributed by atoms with van der Waals surface area (Å²) in [5, 5.41) is 0. The molecule has 0 bridgehead atoms. The van der Waals surface area contributed by atoms with Crippen LogP contribution in [0, 0.1) is 0 Å². The second kappa shape index (κ2) is 4.93. The van der Waals surface area contributed by atoms with Gasteiger partial charge in [0, 0.05) is 7.11 Å². The molecule has 1 aliphatic rings. The molecule has 0 aromatic carbocycles. The van der Waals surface area contributed by atoms with Crippen molar-refractivity contribution in [2.24, 2.45) is 0 Å². The Hall–Kier alpha value is 0.0649. The summed E-state index contributed by atoms with van der Waals surface area (Å²) in [6.07, 6.45) is -3.00. The van der Waals surface area contributed by atoms with Crippen LogP contribution in [-0.2, 0) is 18.3 Å². The predicted molar refractivity (Wildman–Crippen MR) is 51.3 cm³/mol. The molecule has 1 N–H and O–H groups in total. The number of alkyl halides is 1. The minimum absolute atomic E-state index is 0.433. The first kappa shape index (κ1) is 13.1. The van der Waals surface area contributed by atoms with E-state index < -0.39 is 32.2 Å². The van der Waals surface area contributed by atoms with Gasteiger partial charge in [0.1, 0.15) is 20.1 Å². The van der Waals surface area contributed by atoms with Crippen LogP contribution in [0.1, 0.15) is 13.3 Å². The highest BCUT2D eigenvalue weighted by molar-refractivity contribution is 7.47. The lowest BCUT2D eigenvalue weighted by molar-refractivity contribution is 0.0224. The lowest BCUT2D eigenvalue weighted by atomic mass is 9.94. The van der Waals surface area contributed by atoms with Gasteiger partial charge in [-0.15, -0.1) is 0 Å². The quantitative estimate of drug-likeness (QED) is 0.578. The molecule has 1 heterocycles. The third-order valence-corrected chi connectivity index (χ3v) is 3.19. The van der Waals surface area contributed by atoms with Crippen LogP contribution in [-0.4, -0.2) is 44.2 Å². The van der Waals surface area contributed by atoms with Gasteiger partial charge in [-0.05, 0) is 6.42 Å². The molecule has 1 fully saturated rings. The minimum Gasteiger partial charge on any atom is -0.379 e. The van der Waals surface area contributed by atoms with Crippen molar-refractivity contribution in [1.82, 2.24) is 0 Å². The smallest absolute Gasteiger partial charge is 0.379 e. The van der Waals surface area contributed by atoms with E-state index in [4.69, 9.17) is 17.5 Å². The van der Waals surface area contributed by atoms with Crippen LogP contribution >= 0.6 is 7.82 Å². The molecule has 0 aromatic rings. The second-order valence-corrected chi connectivity index (χ2v) is 4.73. The normalized spacial score (nSPS) is 40.3. The van der Waals surface area contributed by atoms with Crippen LogP contribution < -0.4 is 0 Å². The van der Waals surface area contributed by atoms with E-state index in [0.29, 0.717) is 6.42 Å². The number of phosphoric ester groups is 1. The van der Waals surface area contributed by atoms with E-state index in [1.807, 2.05) is 0 Å². The number of phosphoric acid groups is 1. The summed E-state index contributed by atoms with van der Waals surface area (Å²) in [4.78, 5) is 9.05. The maximum Gasteiger partial charge on any atom is 0.472 e. The zero-order valence-electron chi connectivity index (χ0n) is 8.50. The van der Waals surface area contributed by atoms with Crippen molar-refractivity contribution >= 4 is 15.7 Å². The molecule has 2 unspecified atom stereocenters. The highest BCUT2D eigenvalue weighted by Gasteiger charge is 2.45. The van der Waals surface area contributed by atoms with Crippen LogP contribution in [0.15, 0.2) is 0 Å². The van der Waals surface area contributed by atoms with E-state index in [1.165, 1.54) is 0 Å². The number of halogens is 1. The molecule has 0 spiro atoms. The number of rotatable bonds is 4. The summed E-state index contributed by atoms with van der Waals surface area (Å²) in [5.41, 5.74) is 0. The Morgan fingerprint density at radius 3 is 2.73 bits per heavy atom. The van der Waals surface area contributed by atoms with Crippen LogP contribution in [0.2, 0.25) is 0 Å². The largest absolute Gasteiger partial charge is 0.472 e. The Bertz CT molecular complexity index is 266.